The van der Waals surface area contributed by atoms with Crippen LogP contribution in [0.2, 0.25) is 10.0 Å². The third-order valence-electron chi connectivity index (χ3n) is 4.11. The zero-order valence-electron chi connectivity index (χ0n) is 16.1. The fraction of sp³-hybridized carbons (Fsp3) is 0.286. The van der Waals surface area contributed by atoms with Gasteiger partial charge in [0, 0.05) is 23.5 Å². The average Bonchev–Trinajstić information content (AvgIpc) is 2.66. The molecule has 0 aromatic heterocycles. The van der Waals surface area contributed by atoms with Crippen LogP contribution in [0.1, 0.15) is 37.4 Å². The van der Waals surface area contributed by atoms with Crippen molar-refractivity contribution in [2.45, 2.75) is 39.0 Å². The zero-order valence-corrected chi connectivity index (χ0v) is 17.6. The molecule has 8 heteroatoms. The van der Waals surface area contributed by atoms with Gasteiger partial charge in [0.1, 0.15) is 0 Å². The van der Waals surface area contributed by atoms with Crippen molar-refractivity contribution in [3.05, 3.63) is 69.7 Å². The van der Waals surface area contributed by atoms with Crippen LogP contribution in [0.3, 0.4) is 0 Å². The number of benzene rings is 2. The fourth-order valence-electron chi connectivity index (χ4n) is 2.63. The van der Waals surface area contributed by atoms with Crippen molar-refractivity contribution in [1.82, 2.24) is 10.6 Å². The van der Waals surface area contributed by atoms with Crippen molar-refractivity contribution in [1.29, 1.82) is 0 Å². The lowest BCUT2D eigenvalue weighted by atomic mass is 10.0. The molecule has 0 heterocycles. The number of carbonyl (C=O) groups excluding carboxylic acids is 3. The second kappa shape index (κ2) is 10.8. The molecule has 2 atom stereocenters. The van der Waals surface area contributed by atoms with Crippen LogP contribution >= 0.6 is 23.2 Å². The normalized spacial score (nSPS) is 12.6. The molecule has 2 N–H and O–H groups in total. The SMILES string of the molecule is CC(=O)NC(CC(=O)OC(C)C(=O)NCc1ccccc1Cl)c1ccc(Cl)cc1. The first-order chi connectivity index (χ1) is 13.8. The van der Waals surface area contributed by atoms with Crippen LogP contribution in [0.25, 0.3) is 0 Å². The van der Waals surface area contributed by atoms with E-state index < -0.39 is 24.0 Å². The summed E-state index contributed by atoms with van der Waals surface area (Å²) in [6.45, 7) is 3.06. The topological polar surface area (TPSA) is 84.5 Å². The lowest BCUT2D eigenvalue weighted by Gasteiger charge is -2.19. The number of amides is 2. The minimum atomic E-state index is -0.992. The Labute approximate surface area is 179 Å². The quantitative estimate of drug-likeness (QED) is 0.616. The number of halogens is 2. The van der Waals surface area contributed by atoms with Gasteiger partial charge in [-0.1, -0.05) is 53.5 Å². The zero-order chi connectivity index (χ0) is 21.4. The number of nitrogens with one attached hydrogen (secondary N) is 2. The van der Waals surface area contributed by atoms with E-state index in [4.69, 9.17) is 27.9 Å². The molecule has 6 nitrogen and oxygen atoms in total. The molecule has 0 bridgehead atoms. The molecule has 2 aromatic rings. The van der Waals surface area contributed by atoms with Crippen molar-refractivity contribution in [2.75, 3.05) is 0 Å². The molecular weight excluding hydrogens is 415 g/mol. The van der Waals surface area contributed by atoms with E-state index in [0.29, 0.717) is 15.6 Å². The van der Waals surface area contributed by atoms with Crippen molar-refractivity contribution < 1.29 is 19.1 Å². The highest BCUT2D eigenvalue weighted by molar-refractivity contribution is 6.31. The Kier molecular flexibility index (Phi) is 8.49. The fourth-order valence-corrected chi connectivity index (χ4v) is 2.95. The molecule has 0 radical (unpaired) electrons. The molecular formula is C21H22Cl2N2O4. The van der Waals surface area contributed by atoms with Gasteiger partial charge in [0.2, 0.25) is 5.91 Å². The predicted molar refractivity (Wildman–Crippen MR) is 111 cm³/mol. The third-order valence-corrected chi connectivity index (χ3v) is 4.73. The largest absolute Gasteiger partial charge is 0.452 e. The molecule has 2 amide bonds. The van der Waals surface area contributed by atoms with E-state index in [9.17, 15) is 14.4 Å². The molecule has 0 aliphatic heterocycles. The van der Waals surface area contributed by atoms with E-state index in [1.807, 2.05) is 6.07 Å². The highest BCUT2D eigenvalue weighted by atomic mass is 35.5. The first kappa shape index (κ1) is 22.7. The van der Waals surface area contributed by atoms with Crippen LogP contribution < -0.4 is 10.6 Å². The predicted octanol–water partition coefficient (Wildman–Crippen LogP) is 3.81. The summed E-state index contributed by atoms with van der Waals surface area (Å²) in [6, 6.07) is 13.3. The van der Waals surface area contributed by atoms with E-state index in [2.05, 4.69) is 10.6 Å². The van der Waals surface area contributed by atoms with Gasteiger partial charge in [-0.25, -0.2) is 0 Å². The molecule has 0 saturated heterocycles. The number of rotatable bonds is 8. The molecule has 0 aliphatic rings. The van der Waals surface area contributed by atoms with Crippen LogP contribution in [0, 0.1) is 0 Å². The Hall–Kier alpha value is -2.57. The standard InChI is InChI=1S/C21H22Cl2N2O4/c1-13(21(28)24-12-16-5-3-4-6-18(16)23)29-20(27)11-19(25-14(2)26)15-7-9-17(22)10-8-15/h3-10,13,19H,11-12H2,1-2H3,(H,24,28)(H,25,26). The number of esters is 1. The lowest BCUT2D eigenvalue weighted by Crippen LogP contribution is -2.36. The average molecular weight is 437 g/mol. The van der Waals surface area contributed by atoms with E-state index in [-0.39, 0.29) is 18.9 Å². The monoisotopic (exact) mass is 436 g/mol. The highest BCUT2D eigenvalue weighted by Gasteiger charge is 2.22. The molecule has 2 rings (SSSR count). The summed E-state index contributed by atoms with van der Waals surface area (Å²) < 4.78 is 5.23. The van der Waals surface area contributed by atoms with Gasteiger partial charge in [-0.3, -0.25) is 14.4 Å². The van der Waals surface area contributed by atoms with Crippen LogP contribution in [-0.4, -0.2) is 23.9 Å². The lowest BCUT2D eigenvalue weighted by molar-refractivity contribution is -0.155. The van der Waals surface area contributed by atoms with Crippen molar-refractivity contribution in [3.63, 3.8) is 0 Å². The molecule has 2 unspecified atom stereocenters. The number of hydrogen-bond donors (Lipinski definition) is 2. The van der Waals surface area contributed by atoms with Crippen LogP contribution in [0.5, 0.6) is 0 Å². The Morgan fingerprint density at radius 3 is 2.31 bits per heavy atom. The van der Waals surface area contributed by atoms with Crippen molar-refractivity contribution >= 4 is 41.0 Å². The molecule has 2 aromatic carbocycles. The molecule has 0 fully saturated rings. The van der Waals surface area contributed by atoms with Crippen LogP contribution in [0.15, 0.2) is 48.5 Å². The molecule has 29 heavy (non-hydrogen) atoms. The van der Waals surface area contributed by atoms with Crippen molar-refractivity contribution in [3.8, 4) is 0 Å². The maximum Gasteiger partial charge on any atom is 0.309 e. The van der Waals surface area contributed by atoms with Crippen LogP contribution in [0.4, 0.5) is 0 Å². The van der Waals surface area contributed by atoms with Gasteiger partial charge >= 0.3 is 5.97 Å². The summed E-state index contributed by atoms with van der Waals surface area (Å²) in [5.41, 5.74) is 1.46. The van der Waals surface area contributed by atoms with Gasteiger partial charge in [0.05, 0.1) is 12.5 Å². The summed E-state index contributed by atoms with van der Waals surface area (Å²) in [7, 11) is 0. The van der Waals surface area contributed by atoms with E-state index in [1.54, 1.807) is 42.5 Å². The summed E-state index contributed by atoms with van der Waals surface area (Å²) >= 11 is 11.9. The summed E-state index contributed by atoms with van der Waals surface area (Å²) in [6.07, 6.45) is -1.11. The maximum atomic E-state index is 12.3. The Bertz CT molecular complexity index is 871. The minimum absolute atomic E-state index is 0.122. The van der Waals surface area contributed by atoms with E-state index in [1.165, 1.54) is 13.8 Å². The second-order valence-corrected chi connectivity index (χ2v) is 7.29. The maximum absolute atomic E-state index is 12.3. The van der Waals surface area contributed by atoms with Gasteiger partial charge < -0.3 is 15.4 Å². The third kappa shape index (κ3) is 7.40. The Morgan fingerprint density at radius 1 is 1.03 bits per heavy atom. The molecule has 0 aliphatic carbocycles. The van der Waals surface area contributed by atoms with Gasteiger partial charge in [-0.05, 0) is 36.2 Å². The van der Waals surface area contributed by atoms with E-state index in [0.717, 1.165) is 5.56 Å². The Balaban J connectivity index is 1.92. The second-order valence-electron chi connectivity index (χ2n) is 6.45. The van der Waals surface area contributed by atoms with E-state index >= 15 is 0 Å². The van der Waals surface area contributed by atoms with Crippen molar-refractivity contribution in [2.24, 2.45) is 0 Å². The Morgan fingerprint density at radius 2 is 1.69 bits per heavy atom. The number of hydrogen-bond acceptors (Lipinski definition) is 4. The van der Waals surface area contributed by atoms with Gasteiger partial charge in [-0.15, -0.1) is 0 Å². The van der Waals surface area contributed by atoms with Crippen LogP contribution in [-0.2, 0) is 25.7 Å². The number of ether oxygens (including phenoxy) is 1. The minimum Gasteiger partial charge on any atom is -0.452 e. The molecule has 0 spiro atoms. The molecule has 0 saturated carbocycles. The molecule has 154 valence electrons. The first-order valence-electron chi connectivity index (χ1n) is 8.99. The van der Waals surface area contributed by atoms with Gasteiger partial charge in [0.25, 0.3) is 5.91 Å². The smallest absolute Gasteiger partial charge is 0.309 e. The highest BCUT2D eigenvalue weighted by Crippen LogP contribution is 2.20. The summed E-state index contributed by atoms with van der Waals surface area (Å²) in [5, 5.41) is 6.47. The number of carbonyl (C=O) groups is 3. The first-order valence-corrected chi connectivity index (χ1v) is 9.75. The summed E-state index contributed by atoms with van der Waals surface area (Å²) in [5.74, 6) is -1.34. The van der Waals surface area contributed by atoms with Gasteiger partial charge in [0.15, 0.2) is 6.10 Å². The summed E-state index contributed by atoms with van der Waals surface area (Å²) in [4.78, 5) is 36.0. The van der Waals surface area contributed by atoms with Gasteiger partial charge in [-0.2, -0.15) is 0 Å².